The van der Waals surface area contributed by atoms with Gasteiger partial charge in [0.1, 0.15) is 5.75 Å². The van der Waals surface area contributed by atoms with Gasteiger partial charge in [-0.2, -0.15) is 0 Å². The Morgan fingerprint density at radius 3 is 2.50 bits per heavy atom. The minimum absolute atomic E-state index is 0. The molecule has 0 bridgehead atoms. The third-order valence-corrected chi connectivity index (χ3v) is 1.49. The smallest absolute Gasteiger partial charge is 0.191 e. The molecule has 1 aromatic rings. The lowest BCUT2D eigenvalue weighted by Crippen LogP contribution is -2.21. The average molecular weight is 218 g/mol. The van der Waals surface area contributed by atoms with E-state index in [0.717, 1.165) is 0 Å². The first kappa shape index (κ1) is 12.5. The van der Waals surface area contributed by atoms with E-state index in [1.54, 1.807) is 6.07 Å². The van der Waals surface area contributed by atoms with E-state index in [9.17, 15) is 5.11 Å². The predicted molar refractivity (Wildman–Crippen MR) is 56.7 cm³/mol. The van der Waals surface area contributed by atoms with Gasteiger partial charge in [-0.3, -0.25) is 0 Å². The summed E-state index contributed by atoms with van der Waals surface area (Å²) in [5.41, 5.74) is 11.2. The molecule has 78 valence electrons. The molecule has 0 aromatic heterocycles. The highest BCUT2D eigenvalue weighted by atomic mass is 35.5. The van der Waals surface area contributed by atoms with Crippen molar-refractivity contribution in [2.24, 2.45) is 16.5 Å². The second-order valence-corrected chi connectivity index (χ2v) is 2.51. The van der Waals surface area contributed by atoms with E-state index >= 15 is 0 Å². The number of nitrogens with two attached hydrogens (primary N) is 2. The molecule has 14 heavy (non-hydrogen) atoms. The SMILES string of the molecule is Cl.NC(N)=Nc1ccc(O)c(CO)c1. The van der Waals surface area contributed by atoms with Crippen LogP contribution in [0.5, 0.6) is 5.75 Å². The van der Waals surface area contributed by atoms with E-state index in [2.05, 4.69) is 4.99 Å². The molecule has 0 saturated carbocycles. The number of aromatic hydroxyl groups is 1. The number of hydrogen-bond acceptors (Lipinski definition) is 3. The van der Waals surface area contributed by atoms with E-state index in [4.69, 9.17) is 16.6 Å². The Morgan fingerprint density at radius 1 is 1.36 bits per heavy atom. The monoisotopic (exact) mass is 217 g/mol. The number of benzene rings is 1. The quantitative estimate of drug-likeness (QED) is 0.420. The summed E-state index contributed by atoms with van der Waals surface area (Å²) in [4.78, 5) is 3.76. The van der Waals surface area contributed by atoms with Gasteiger partial charge in [-0.25, -0.2) is 4.99 Å². The molecule has 0 aliphatic rings. The van der Waals surface area contributed by atoms with E-state index in [1.807, 2.05) is 0 Å². The van der Waals surface area contributed by atoms with Crippen molar-refractivity contribution in [3.8, 4) is 5.75 Å². The highest BCUT2D eigenvalue weighted by Gasteiger charge is 2.00. The maximum Gasteiger partial charge on any atom is 0.191 e. The van der Waals surface area contributed by atoms with Crippen molar-refractivity contribution >= 4 is 24.1 Å². The van der Waals surface area contributed by atoms with Crippen molar-refractivity contribution in [2.45, 2.75) is 6.61 Å². The zero-order valence-electron chi connectivity index (χ0n) is 7.34. The van der Waals surface area contributed by atoms with Crippen LogP contribution in [0, 0.1) is 0 Å². The van der Waals surface area contributed by atoms with Crippen LogP contribution in [0.2, 0.25) is 0 Å². The molecule has 0 radical (unpaired) electrons. The molecule has 6 N–H and O–H groups in total. The second kappa shape index (κ2) is 5.31. The van der Waals surface area contributed by atoms with Crippen LogP contribution in [0.25, 0.3) is 0 Å². The molecular weight excluding hydrogens is 206 g/mol. The number of nitrogens with zero attached hydrogens (tertiary/aromatic N) is 1. The predicted octanol–water partition coefficient (Wildman–Crippen LogP) is 0.211. The first-order valence-corrected chi connectivity index (χ1v) is 3.66. The van der Waals surface area contributed by atoms with Crippen LogP contribution in [0.4, 0.5) is 5.69 Å². The Kier molecular flexibility index (Phi) is 4.76. The minimum Gasteiger partial charge on any atom is -0.508 e. The number of rotatable bonds is 2. The molecule has 5 nitrogen and oxygen atoms in total. The van der Waals surface area contributed by atoms with Gasteiger partial charge < -0.3 is 21.7 Å². The number of aliphatic imine (C=N–C) groups is 1. The van der Waals surface area contributed by atoms with E-state index in [-0.39, 0.29) is 30.7 Å². The largest absolute Gasteiger partial charge is 0.508 e. The second-order valence-electron chi connectivity index (χ2n) is 2.51. The van der Waals surface area contributed by atoms with Gasteiger partial charge >= 0.3 is 0 Å². The Labute approximate surface area is 87.5 Å². The van der Waals surface area contributed by atoms with Crippen LogP contribution in [0.3, 0.4) is 0 Å². The van der Waals surface area contributed by atoms with E-state index in [1.165, 1.54) is 12.1 Å². The molecule has 0 atom stereocenters. The Bertz CT molecular complexity index is 337. The lowest BCUT2D eigenvalue weighted by molar-refractivity contribution is 0.275. The van der Waals surface area contributed by atoms with Gasteiger partial charge in [0.2, 0.25) is 0 Å². The van der Waals surface area contributed by atoms with Crippen molar-refractivity contribution < 1.29 is 10.2 Å². The maximum absolute atomic E-state index is 9.20. The molecule has 0 aliphatic carbocycles. The number of hydrogen-bond donors (Lipinski definition) is 4. The molecule has 0 unspecified atom stereocenters. The van der Waals surface area contributed by atoms with Crippen LogP contribution >= 0.6 is 12.4 Å². The van der Waals surface area contributed by atoms with Crippen LogP contribution in [0.15, 0.2) is 23.2 Å². The first-order valence-electron chi connectivity index (χ1n) is 3.66. The summed E-state index contributed by atoms with van der Waals surface area (Å²) in [6.07, 6.45) is 0. The van der Waals surface area contributed by atoms with Crippen LogP contribution in [0.1, 0.15) is 5.56 Å². The average Bonchev–Trinajstić information content (AvgIpc) is 2.07. The fourth-order valence-electron chi connectivity index (χ4n) is 0.917. The number of halogens is 1. The topological polar surface area (TPSA) is 105 Å². The molecule has 6 heteroatoms. The fourth-order valence-corrected chi connectivity index (χ4v) is 0.917. The summed E-state index contributed by atoms with van der Waals surface area (Å²) in [5, 5.41) is 18.0. The summed E-state index contributed by atoms with van der Waals surface area (Å²) in [6.45, 7) is -0.250. The molecule has 0 amide bonds. The number of aliphatic hydroxyl groups is 1. The summed E-state index contributed by atoms with van der Waals surface area (Å²) in [5.74, 6) is -0.0355. The Balaban J connectivity index is 0.00000169. The maximum atomic E-state index is 9.20. The highest BCUT2D eigenvalue weighted by Crippen LogP contribution is 2.22. The fraction of sp³-hybridized carbons (Fsp3) is 0.125. The van der Waals surface area contributed by atoms with Crippen molar-refractivity contribution in [3.63, 3.8) is 0 Å². The number of phenols is 1. The first-order chi connectivity index (χ1) is 6.13. The van der Waals surface area contributed by atoms with Crippen molar-refractivity contribution in [1.29, 1.82) is 0 Å². The van der Waals surface area contributed by atoms with Crippen LogP contribution in [-0.2, 0) is 6.61 Å². The molecule has 1 rings (SSSR count). The normalized spacial score (nSPS) is 8.93. The standard InChI is InChI=1S/C8H11N3O2.ClH/c9-8(10)11-6-1-2-7(13)5(3-6)4-12;/h1-3,12-13H,4H2,(H4,9,10,11);1H. The van der Waals surface area contributed by atoms with E-state index in [0.29, 0.717) is 11.3 Å². The number of aliphatic hydroxyl groups excluding tert-OH is 1. The zero-order valence-corrected chi connectivity index (χ0v) is 8.16. The van der Waals surface area contributed by atoms with Crippen molar-refractivity contribution in [3.05, 3.63) is 23.8 Å². The lowest BCUT2D eigenvalue weighted by atomic mass is 10.2. The van der Waals surface area contributed by atoms with Gasteiger partial charge in [-0.1, -0.05) is 0 Å². The third kappa shape index (κ3) is 3.12. The molecule has 0 saturated heterocycles. The molecule has 0 aliphatic heterocycles. The lowest BCUT2D eigenvalue weighted by Gasteiger charge is -2.01. The summed E-state index contributed by atoms with van der Waals surface area (Å²) >= 11 is 0. The van der Waals surface area contributed by atoms with Gasteiger partial charge in [0.15, 0.2) is 5.96 Å². The van der Waals surface area contributed by atoms with Gasteiger partial charge in [-0.15, -0.1) is 12.4 Å². The Hall–Kier alpha value is -1.46. The molecule has 1 aromatic carbocycles. The molecular formula is C8H12ClN3O2. The summed E-state index contributed by atoms with van der Waals surface area (Å²) < 4.78 is 0. The number of guanidine groups is 1. The molecule has 0 spiro atoms. The molecule has 0 heterocycles. The highest BCUT2D eigenvalue weighted by molar-refractivity contribution is 5.85. The summed E-state index contributed by atoms with van der Waals surface area (Å²) in [6, 6.07) is 4.48. The molecule has 0 fully saturated rings. The zero-order chi connectivity index (χ0) is 9.84. The minimum atomic E-state index is -0.250. The van der Waals surface area contributed by atoms with Crippen molar-refractivity contribution in [1.82, 2.24) is 0 Å². The summed E-state index contributed by atoms with van der Waals surface area (Å²) in [7, 11) is 0. The van der Waals surface area contributed by atoms with Crippen LogP contribution in [-0.4, -0.2) is 16.2 Å². The third-order valence-electron chi connectivity index (χ3n) is 1.49. The van der Waals surface area contributed by atoms with Gasteiger partial charge in [0, 0.05) is 5.56 Å². The van der Waals surface area contributed by atoms with Gasteiger partial charge in [-0.05, 0) is 18.2 Å². The van der Waals surface area contributed by atoms with E-state index < -0.39 is 0 Å². The van der Waals surface area contributed by atoms with Crippen molar-refractivity contribution in [2.75, 3.05) is 0 Å². The Morgan fingerprint density at radius 2 is 2.00 bits per heavy atom. The van der Waals surface area contributed by atoms with Gasteiger partial charge in [0.25, 0.3) is 0 Å². The van der Waals surface area contributed by atoms with Crippen LogP contribution < -0.4 is 11.5 Å². The van der Waals surface area contributed by atoms with Gasteiger partial charge in [0.05, 0.1) is 12.3 Å².